The van der Waals surface area contributed by atoms with Crippen LogP contribution >= 0.6 is 15.9 Å². The lowest BCUT2D eigenvalue weighted by molar-refractivity contribution is -0.118. The molecule has 0 saturated carbocycles. The van der Waals surface area contributed by atoms with Gasteiger partial charge in [-0.2, -0.15) is 0 Å². The normalized spacial score (nSPS) is 10.5. The van der Waals surface area contributed by atoms with Crippen molar-refractivity contribution < 1.29 is 14.3 Å². The van der Waals surface area contributed by atoms with Crippen LogP contribution < -0.4 is 14.8 Å². The van der Waals surface area contributed by atoms with Gasteiger partial charge in [-0.05, 0) is 68.8 Å². The molecule has 0 spiro atoms. The molecule has 23 heavy (non-hydrogen) atoms. The van der Waals surface area contributed by atoms with Crippen LogP contribution in [-0.2, 0) is 4.79 Å². The second kappa shape index (κ2) is 8.02. The summed E-state index contributed by atoms with van der Waals surface area (Å²) in [4.78, 5) is 11.9. The van der Waals surface area contributed by atoms with Crippen LogP contribution in [0.2, 0.25) is 0 Å². The molecule has 4 nitrogen and oxygen atoms in total. The minimum absolute atomic E-state index is 0.0364. The fourth-order valence-corrected chi connectivity index (χ4v) is 2.19. The third-order valence-electron chi connectivity index (χ3n) is 3.01. The minimum Gasteiger partial charge on any atom is -0.491 e. The van der Waals surface area contributed by atoms with Crippen LogP contribution in [-0.4, -0.2) is 18.6 Å². The fourth-order valence-electron chi connectivity index (χ4n) is 1.94. The monoisotopic (exact) mass is 377 g/mol. The smallest absolute Gasteiger partial charge is 0.262 e. The van der Waals surface area contributed by atoms with Gasteiger partial charge in [0, 0.05) is 10.2 Å². The molecular formula is C18H20BrNO3. The van der Waals surface area contributed by atoms with Gasteiger partial charge in [0.15, 0.2) is 6.61 Å². The SMILES string of the molecule is Cc1cc(OCC(=O)Nc2ccc(OC(C)C)cc2)ccc1Br. The Morgan fingerprint density at radius 2 is 1.78 bits per heavy atom. The molecule has 0 atom stereocenters. The molecule has 1 N–H and O–H groups in total. The maximum atomic E-state index is 11.9. The number of ether oxygens (including phenoxy) is 2. The van der Waals surface area contributed by atoms with Crippen LogP contribution in [0.15, 0.2) is 46.9 Å². The summed E-state index contributed by atoms with van der Waals surface area (Å²) in [6.45, 7) is 5.87. The van der Waals surface area contributed by atoms with Crippen LogP contribution in [0.1, 0.15) is 19.4 Å². The van der Waals surface area contributed by atoms with E-state index < -0.39 is 0 Å². The molecule has 0 unspecified atom stereocenters. The van der Waals surface area contributed by atoms with E-state index >= 15 is 0 Å². The molecule has 0 radical (unpaired) electrons. The van der Waals surface area contributed by atoms with Crippen LogP contribution in [0.5, 0.6) is 11.5 Å². The quantitative estimate of drug-likeness (QED) is 0.802. The third-order valence-corrected chi connectivity index (χ3v) is 3.90. The Balaban J connectivity index is 1.85. The first-order valence-corrected chi connectivity index (χ1v) is 8.19. The van der Waals surface area contributed by atoms with Gasteiger partial charge < -0.3 is 14.8 Å². The number of amides is 1. The van der Waals surface area contributed by atoms with Crippen molar-refractivity contribution >= 4 is 27.5 Å². The first kappa shape index (κ1) is 17.3. The summed E-state index contributed by atoms with van der Waals surface area (Å²) < 4.78 is 12.1. The van der Waals surface area contributed by atoms with E-state index in [4.69, 9.17) is 9.47 Å². The molecule has 2 rings (SSSR count). The standard InChI is InChI=1S/C18H20BrNO3/c1-12(2)23-15-6-4-14(5-7-15)20-18(21)11-22-16-8-9-17(19)13(3)10-16/h4-10,12H,11H2,1-3H3,(H,20,21). The number of benzene rings is 2. The van der Waals surface area contributed by atoms with Crippen molar-refractivity contribution in [2.45, 2.75) is 26.9 Å². The lowest BCUT2D eigenvalue weighted by atomic mass is 10.2. The molecule has 2 aromatic rings. The summed E-state index contributed by atoms with van der Waals surface area (Å²) in [5.74, 6) is 1.24. The highest BCUT2D eigenvalue weighted by molar-refractivity contribution is 9.10. The van der Waals surface area contributed by atoms with E-state index in [1.807, 2.05) is 51.1 Å². The zero-order valence-corrected chi connectivity index (χ0v) is 15.0. The van der Waals surface area contributed by atoms with Crippen molar-refractivity contribution in [1.82, 2.24) is 0 Å². The summed E-state index contributed by atoms with van der Waals surface area (Å²) in [6.07, 6.45) is 0.123. The van der Waals surface area contributed by atoms with E-state index in [0.29, 0.717) is 11.4 Å². The highest BCUT2D eigenvalue weighted by Crippen LogP contribution is 2.21. The summed E-state index contributed by atoms with van der Waals surface area (Å²) in [5, 5.41) is 2.79. The second-order valence-corrected chi connectivity index (χ2v) is 6.29. The lowest BCUT2D eigenvalue weighted by Crippen LogP contribution is -2.20. The Kier molecular flexibility index (Phi) is 6.04. The number of carbonyl (C=O) groups is 1. The summed E-state index contributed by atoms with van der Waals surface area (Å²) in [6, 6.07) is 12.9. The average molecular weight is 378 g/mol. The Morgan fingerprint density at radius 1 is 1.13 bits per heavy atom. The molecule has 0 aliphatic rings. The van der Waals surface area contributed by atoms with E-state index in [1.165, 1.54) is 0 Å². The van der Waals surface area contributed by atoms with Crippen molar-refractivity contribution in [1.29, 1.82) is 0 Å². The van der Waals surface area contributed by atoms with Crippen LogP contribution in [0.4, 0.5) is 5.69 Å². The first-order valence-electron chi connectivity index (χ1n) is 7.39. The topological polar surface area (TPSA) is 47.6 Å². The van der Waals surface area contributed by atoms with Crippen molar-refractivity contribution in [3.05, 3.63) is 52.5 Å². The van der Waals surface area contributed by atoms with E-state index in [0.717, 1.165) is 15.8 Å². The maximum Gasteiger partial charge on any atom is 0.262 e. The van der Waals surface area contributed by atoms with Gasteiger partial charge in [-0.1, -0.05) is 15.9 Å². The van der Waals surface area contributed by atoms with Gasteiger partial charge in [-0.25, -0.2) is 0 Å². The molecular weight excluding hydrogens is 358 g/mol. The van der Waals surface area contributed by atoms with E-state index in [1.54, 1.807) is 12.1 Å². The highest BCUT2D eigenvalue weighted by atomic mass is 79.9. The number of hydrogen-bond acceptors (Lipinski definition) is 3. The Hall–Kier alpha value is -2.01. The number of hydrogen-bond donors (Lipinski definition) is 1. The van der Waals surface area contributed by atoms with Crippen LogP contribution in [0.25, 0.3) is 0 Å². The van der Waals surface area contributed by atoms with Crippen molar-refractivity contribution in [3.8, 4) is 11.5 Å². The Labute approximate surface area is 144 Å². The number of nitrogens with one attached hydrogen (secondary N) is 1. The highest BCUT2D eigenvalue weighted by Gasteiger charge is 2.05. The Morgan fingerprint density at radius 3 is 2.39 bits per heavy atom. The largest absolute Gasteiger partial charge is 0.491 e. The predicted octanol–water partition coefficient (Wildman–Crippen LogP) is 4.56. The molecule has 2 aromatic carbocycles. The third kappa shape index (κ3) is 5.60. The van der Waals surface area contributed by atoms with Crippen molar-refractivity contribution in [2.75, 3.05) is 11.9 Å². The van der Waals surface area contributed by atoms with Gasteiger partial charge in [-0.3, -0.25) is 4.79 Å². The molecule has 5 heteroatoms. The Bertz CT molecular complexity index is 668. The first-order chi connectivity index (χ1) is 10.9. The van der Waals surface area contributed by atoms with Gasteiger partial charge in [0.05, 0.1) is 6.10 Å². The summed E-state index contributed by atoms with van der Waals surface area (Å²) in [7, 11) is 0. The minimum atomic E-state index is -0.205. The van der Waals surface area contributed by atoms with Gasteiger partial charge in [0.2, 0.25) is 0 Å². The maximum absolute atomic E-state index is 11.9. The number of anilines is 1. The van der Waals surface area contributed by atoms with Gasteiger partial charge >= 0.3 is 0 Å². The van der Waals surface area contributed by atoms with E-state index in [9.17, 15) is 4.79 Å². The molecule has 0 heterocycles. The van der Waals surface area contributed by atoms with Crippen LogP contribution in [0, 0.1) is 6.92 Å². The lowest BCUT2D eigenvalue weighted by Gasteiger charge is -2.11. The molecule has 0 aromatic heterocycles. The van der Waals surface area contributed by atoms with E-state index in [2.05, 4.69) is 21.2 Å². The van der Waals surface area contributed by atoms with E-state index in [-0.39, 0.29) is 18.6 Å². The molecule has 0 bridgehead atoms. The number of aryl methyl sites for hydroxylation is 1. The summed E-state index contributed by atoms with van der Waals surface area (Å²) >= 11 is 3.43. The number of carbonyl (C=O) groups excluding carboxylic acids is 1. The zero-order chi connectivity index (χ0) is 16.8. The fraction of sp³-hybridized carbons (Fsp3) is 0.278. The summed E-state index contributed by atoms with van der Waals surface area (Å²) in [5.41, 5.74) is 1.77. The van der Waals surface area contributed by atoms with Gasteiger partial charge in [0.1, 0.15) is 11.5 Å². The molecule has 0 fully saturated rings. The van der Waals surface area contributed by atoms with Gasteiger partial charge in [0.25, 0.3) is 5.91 Å². The second-order valence-electron chi connectivity index (χ2n) is 5.44. The average Bonchev–Trinajstić information content (AvgIpc) is 2.50. The molecule has 0 aliphatic carbocycles. The number of rotatable bonds is 6. The van der Waals surface area contributed by atoms with Gasteiger partial charge in [-0.15, -0.1) is 0 Å². The van der Waals surface area contributed by atoms with Crippen molar-refractivity contribution in [3.63, 3.8) is 0 Å². The molecule has 0 aliphatic heterocycles. The number of halogens is 1. The molecule has 1 amide bonds. The predicted molar refractivity (Wildman–Crippen MR) is 95.2 cm³/mol. The zero-order valence-electron chi connectivity index (χ0n) is 13.4. The molecule has 122 valence electrons. The van der Waals surface area contributed by atoms with Crippen molar-refractivity contribution in [2.24, 2.45) is 0 Å². The molecule has 0 saturated heterocycles. The van der Waals surface area contributed by atoms with Crippen LogP contribution in [0.3, 0.4) is 0 Å².